The molecule has 2 aliphatic rings. The van der Waals surface area contributed by atoms with Gasteiger partial charge >= 0.3 is 0 Å². The molecule has 92 valence electrons. The fourth-order valence-electron chi connectivity index (χ4n) is 2.57. The van der Waals surface area contributed by atoms with Gasteiger partial charge in [-0.2, -0.15) is 0 Å². The van der Waals surface area contributed by atoms with Gasteiger partial charge in [-0.05, 0) is 25.7 Å². The molecule has 0 bridgehead atoms. The highest BCUT2D eigenvalue weighted by Gasteiger charge is 2.28. The number of aliphatic hydroxyl groups excluding tert-OH is 1. The van der Waals surface area contributed by atoms with Gasteiger partial charge in [-0.25, -0.2) is 10.0 Å². The summed E-state index contributed by atoms with van der Waals surface area (Å²) in [5.74, 6) is -0.0969. The second-order valence-electron chi connectivity index (χ2n) is 4.82. The normalized spacial score (nSPS) is 27.1. The lowest BCUT2D eigenvalue weighted by Crippen LogP contribution is -2.51. The molecule has 0 unspecified atom stereocenters. The minimum Gasteiger partial charge on any atom is -0.393 e. The van der Waals surface area contributed by atoms with Crippen LogP contribution < -0.4 is 5.73 Å². The van der Waals surface area contributed by atoms with Crippen LogP contribution in [0.15, 0.2) is 0 Å². The standard InChI is InChI=1S/C11H21N3O2/c12-11(16)9-1-5-13(6-2-9)14-7-3-10(15)4-8-14/h9-10,15H,1-8H2,(H2,12,16). The molecule has 0 atom stereocenters. The largest absolute Gasteiger partial charge is 0.393 e. The van der Waals surface area contributed by atoms with Crippen molar-refractivity contribution in [2.45, 2.75) is 31.8 Å². The molecule has 0 saturated carbocycles. The third kappa shape index (κ3) is 2.72. The summed E-state index contributed by atoms with van der Waals surface area (Å²) < 4.78 is 0. The highest BCUT2D eigenvalue weighted by atomic mass is 16.3. The first-order chi connectivity index (χ1) is 7.66. The van der Waals surface area contributed by atoms with Crippen molar-refractivity contribution >= 4 is 5.91 Å². The zero-order valence-electron chi connectivity index (χ0n) is 9.64. The van der Waals surface area contributed by atoms with Gasteiger partial charge in [0, 0.05) is 32.1 Å². The van der Waals surface area contributed by atoms with E-state index in [4.69, 9.17) is 5.73 Å². The van der Waals surface area contributed by atoms with Gasteiger partial charge in [-0.1, -0.05) is 0 Å². The quantitative estimate of drug-likeness (QED) is 0.671. The van der Waals surface area contributed by atoms with Gasteiger partial charge in [0.05, 0.1) is 6.10 Å². The zero-order chi connectivity index (χ0) is 11.5. The maximum atomic E-state index is 11.0. The van der Waals surface area contributed by atoms with Gasteiger partial charge < -0.3 is 10.8 Å². The molecule has 0 aromatic carbocycles. The minimum absolute atomic E-state index is 0.0617. The highest BCUT2D eigenvalue weighted by molar-refractivity contribution is 5.76. The smallest absolute Gasteiger partial charge is 0.220 e. The number of primary amides is 1. The molecule has 2 rings (SSSR count). The second-order valence-corrected chi connectivity index (χ2v) is 4.82. The molecule has 2 fully saturated rings. The van der Waals surface area contributed by atoms with E-state index in [0.717, 1.165) is 51.9 Å². The number of piperidine rings is 2. The van der Waals surface area contributed by atoms with E-state index in [0.29, 0.717) is 0 Å². The van der Waals surface area contributed by atoms with E-state index in [2.05, 4.69) is 10.0 Å². The maximum absolute atomic E-state index is 11.0. The van der Waals surface area contributed by atoms with Crippen LogP contribution in [0.4, 0.5) is 0 Å². The van der Waals surface area contributed by atoms with E-state index < -0.39 is 0 Å². The summed E-state index contributed by atoms with van der Waals surface area (Å²) in [6, 6.07) is 0. The van der Waals surface area contributed by atoms with Gasteiger partial charge in [0.1, 0.15) is 0 Å². The number of carbonyl (C=O) groups excluding carboxylic acids is 1. The molecule has 2 saturated heterocycles. The van der Waals surface area contributed by atoms with Crippen LogP contribution >= 0.6 is 0 Å². The van der Waals surface area contributed by atoms with Crippen LogP contribution in [-0.2, 0) is 4.79 Å². The van der Waals surface area contributed by atoms with Crippen molar-refractivity contribution in [3.8, 4) is 0 Å². The van der Waals surface area contributed by atoms with Crippen LogP contribution in [0, 0.1) is 5.92 Å². The number of nitrogens with zero attached hydrogens (tertiary/aromatic N) is 2. The summed E-state index contributed by atoms with van der Waals surface area (Å²) >= 11 is 0. The Morgan fingerprint density at radius 1 is 1.00 bits per heavy atom. The molecule has 3 N–H and O–H groups in total. The fourth-order valence-corrected chi connectivity index (χ4v) is 2.57. The third-order valence-corrected chi connectivity index (χ3v) is 3.71. The van der Waals surface area contributed by atoms with Crippen LogP contribution in [-0.4, -0.2) is 53.3 Å². The van der Waals surface area contributed by atoms with E-state index in [1.54, 1.807) is 0 Å². The molecule has 2 aliphatic heterocycles. The van der Waals surface area contributed by atoms with Crippen LogP contribution in [0.5, 0.6) is 0 Å². The minimum atomic E-state index is -0.159. The first-order valence-corrected chi connectivity index (χ1v) is 6.14. The topological polar surface area (TPSA) is 69.8 Å². The van der Waals surface area contributed by atoms with Crippen molar-refractivity contribution in [3.05, 3.63) is 0 Å². The summed E-state index contributed by atoms with van der Waals surface area (Å²) in [6.07, 6.45) is 3.33. The molecule has 0 radical (unpaired) electrons. The highest BCUT2D eigenvalue weighted by Crippen LogP contribution is 2.20. The molecule has 5 nitrogen and oxygen atoms in total. The van der Waals surface area contributed by atoms with Crippen molar-refractivity contribution in [1.29, 1.82) is 0 Å². The number of hydrogen-bond acceptors (Lipinski definition) is 4. The Hall–Kier alpha value is -0.650. The summed E-state index contributed by atoms with van der Waals surface area (Å²) in [5, 5.41) is 14.1. The number of nitrogens with two attached hydrogens (primary N) is 1. The van der Waals surface area contributed by atoms with Gasteiger partial charge in [0.2, 0.25) is 5.91 Å². The van der Waals surface area contributed by atoms with E-state index in [1.807, 2.05) is 0 Å². The Morgan fingerprint density at radius 2 is 1.44 bits per heavy atom. The Morgan fingerprint density at radius 3 is 1.88 bits per heavy atom. The Bertz CT molecular complexity index is 244. The van der Waals surface area contributed by atoms with Gasteiger partial charge in [0.15, 0.2) is 0 Å². The van der Waals surface area contributed by atoms with Crippen molar-refractivity contribution in [2.75, 3.05) is 26.2 Å². The van der Waals surface area contributed by atoms with Gasteiger partial charge in [0.25, 0.3) is 0 Å². The average molecular weight is 227 g/mol. The van der Waals surface area contributed by atoms with Crippen LogP contribution in [0.25, 0.3) is 0 Å². The Kier molecular flexibility index (Phi) is 3.78. The maximum Gasteiger partial charge on any atom is 0.220 e. The van der Waals surface area contributed by atoms with Crippen molar-refractivity contribution in [3.63, 3.8) is 0 Å². The summed E-state index contributed by atoms with van der Waals surface area (Å²) in [7, 11) is 0. The summed E-state index contributed by atoms with van der Waals surface area (Å²) in [6.45, 7) is 3.71. The fraction of sp³-hybridized carbons (Fsp3) is 0.909. The lowest BCUT2D eigenvalue weighted by Gasteiger charge is -2.41. The number of rotatable bonds is 2. The third-order valence-electron chi connectivity index (χ3n) is 3.71. The SMILES string of the molecule is NC(=O)C1CCN(N2CCC(O)CC2)CC1. The van der Waals surface area contributed by atoms with Gasteiger partial charge in [-0.3, -0.25) is 4.79 Å². The molecule has 16 heavy (non-hydrogen) atoms. The molecule has 1 amide bonds. The number of amides is 1. The van der Waals surface area contributed by atoms with E-state index in [9.17, 15) is 9.90 Å². The van der Waals surface area contributed by atoms with Crippen LogP contribution in [0.3, 0.4) is 0 Å². The monoisotopic (exact) mass is 227 g/mol. The number of aliphatic hydroxyl groups is 1. The van der Waals surface area contributed by atoms with E-state index in [1.165, 1.54) is 0 Å². The van der Waals surface area contributed by atoms with Crippen molar-refractivity contribution in [1.82, 2.24) is 10.0 Å². The molecular formula is C11H21N3O2. The molecule has 0 aromatic heterocycles. The molecule has 5 heteroatoms. The Balaban J connectivity index is 1.78. The van der Waals surface area contributed by atoms with E-state index >= 15 is 0 Å². The predicted molar refractivity (Wildman–Crippen MR) is 60.3 cm³/mol. The molecule has 0 aromatic rings. The van der Waals surface area contributed by atoms with E-state index in [-0.39, 0.29) is 17.9 Å². The number of hydrogen-bond donors (Lipinski definition) is 2. The zero-order valence-corrected chi connectivity index (χ0v) is 9.64. The van der Waals surface area contributed by atoms with Crippen molar-refractivity contribution in [2.24, 2.45) is 11.7 Å². The average Bonchev–Trinajstić information content (AvgIpc) is 2.30. The van der Waals surface area contributed by atoms with Crippen LogP contribution in [0.1, 0.15) is 25.7 Å². The molecule has 0 aliphatic carbocycles. The molecular weight excluding hydrogens is 206 g/mol. The first kappa shape index (κ1) is 11.8. The second kappa shape index (κ2) is 5.12. The molecule has 0 spiro atoms. The summed E-state index contributed by atoms with van der Waals surface area (Å²) in [4.78, 5) is 11.0. The molecule has 2 heterocycles. The van der Waals surface area contributed by atoms with Crippen LogP contribution in [0.2, 0.25) is 0 Å². The number of hydrazine groups is 1. The predicted octanol–water partition coefficient (Wildman–Crippen LogP) is -0.445. The Labute approximate surface area is 96.2 Å². The lowest BCUT2D eigenvalue weighted by molar-refractivity contribution is -0.127. The van der Waals surface area contributed by atoms with Crippen molar-refractivity contribution < 1.29 is 9.90 Å². The lowest BCUT2D eigenvalue weighted by atomic mass is 9.97. The summed E-state index contributed by atoms with van der Waals surface area (Å²) in [5.41, 5.74) is 5.31. The first-order valence-electron chi connectivity index (χ1n) is 6.14. The van der Waals surface area contributed by atoms with Gasteiger partial charge in [-0.15, -0.1) is 0 Å². The number of carbonyl (C=O) groups is 1.